The summed E-state index contributed by atoms with van der Waals surface area (Å²) in [6, 6.07) is 5.40. The molecule has 14 N–H and O–H groups in total. The number of phenols is 1. The van der Waals surface area contributed by atoms with E-state index in [0.717, 1.165) is 133 Å². The van der Waals surface area contributed by atoms with E-state index in [1.165, 1.54) is 43.0 Å². The third kappa shape index (κ3) is 49.3. The van der Waals surface area contributed by atoms with Gasteiger partial charge in [0.1, 0.15) is 17.6 Å². The van der Waals surface area contributed by atoms with Crippen molar-refractivity contribution in [3.8, 4) is 5.75 Å². The van der Waals surface area contributed by atoms with E-state index in [9.17, 15) is 112 Å². The number of rotatable bonds is 27. The van der Waals surface area contributed by atoms with E-state index in [-0.39, 0.29) is 103 Å². The number of nitrogens with one attached hydrogen (secondary N) is 7. The molecule has 0 aromatic heterocycles. The highest BCUT2D eigenvalue weighted by Crippen LogP contribution is 2.34. The summed E-state index contributed by atoms with van der Waals surface area (Å²) in [7, 11) is 10.1. The topological polar surface area (TPSA) is 620 Å². The summed E-state index contributed by atoms with van der Waals surface area (Å²) in [4.78, 5) is 303. The number of thiocarbonyl (C=S) groups is 1. The van der Waals surface area contributed by atoms with Crippen molar-refractivity contribution >= 4 is 206 Å². The first-order chi connectivity index (χ1) is 67.8. The molecule has 7 rings (SSSR count). The Morgan fingerprint density at radius 2 is 1.08 bits per heavy atom. The molecular weight excluding hydrogens is 2000 g/mol. The molecule has 792 valence electrons. The van der Waals surface area contributed by atoms with Crippen LogP contribution in [0.15, 0.2) is 48.5 Å². The van der Waals surface area contributed by atoms with Crippen LogP contribution in [0.2, 0.25) is 0 Å². The van der Waals surface area contributed by atoms with Gasteiger partial charge < -0.3 is 83.2 Å². The SMILES string of the molecule is CC(C)C[C@@H]1NC(=O)[C@H](CCC(=O)O)CC(=O)[C@@H]2CSSC[C@@H]3NC(=O)[C@H](C)CC(=O)[C@@H]4CCCN4C(=O)[C@H](CC(N)=O)CC(=O)[C@H](CSSC[C@H](C)C(=O)N2)NC(=O)[C@H](CSSC[C@@H](C(=O)N[C@@H](Cc2ccc(O)cc2)C(=O)O)CC(=O)CNC(=O)[C@H](C)CC3=O)CC1=O.CCC(=O)CCCCCNC(=S)Cc1ccc(C[C@H]2CN(CC(=O)O)CCN(C)CCN(C)CCN2CC(=O)O)cc1.O=C=O.O=C=O. The fraction of sp³-hybridized carbons (Fsp3) is 0.642. The van der Waals surface area contributed by atoms with Crippen molar-refractivity contribution in [2.24, 2.45) is 53.1 Å². The van der Waals surface area contributed by atoms with Gasteiger partial charge in [-0.1, -0.05) is 161 Å². The molecule has 14 atom stereocenters. The molecule has 4 bridgehead atoms. The number of aliphatic carboxylic acids is 4. The second-order valence-corrected chi connectivity index (χ2v) is 44.8. The number of amides is 8. The van der Waals surface area contributed by atoms with E-state index in [4.69, 9.17) is 37.1 Å². The molecule has 5 heterocycles. The summed E-state index contributed by atoms with van der Waals surface area (Å²) in [5, 5.41) is 68.5. The van der Waals surface area contributed by atoms with Gasteiger partial charge in [-0.25, -0.2) is 4.79 Å². The first kappa shape index (κ1) is 125. The normalized spacial score (nSPS) is 24.6. The molecule has 48 heteroatoms. The van der Waals surface area contributed by atoms with Crippen molar-refractivity contribution in [1.82, 2.24) is 61.7 Å². The number of phenolic OH excluding ortho intramolecular Hbond substituents is 1. The highest BCUT2D eigenvalue weighted by atomic mass is 33.1. The Bertz CT molecular complexity index is 4690. The first-order valence-electron chi connectivity index (χ1n) is 47.4. The molecule has 0 unspecified atom stereocenters. The summed E-state index contributed by atoms with van der Waals surface area (Å²) in [6.45, 7) is 14.6. The maximum atomic E-state index is 15.1. The molecule has 41 nitrogen and oxygen atoms in total. The zero-order valence-corrected chi connectivity index (χ0v) is 87.7. The predicted octanol–water partition coefficient (Wildman–Crippen LogP) is 3.73. The number of benzene rings is 2. The average molecular weight is 2130 g/mol. The number of hydrogen-bond donors (Lipinski definition) is 13. The molecule has 0 spiro atoms. The summed E-state index contributed by atoms with van der Waals surface area (Å²) in [5.74, 6) is -25.3. The molecule has 0 radical (unpaired) electrons. The number of aromatic hydroxyl groups is 1. The lowest BCUT2D eigenvalue weighted by Gasteiger charge is -2.37. The number of likely N-dealkylation sites (N-methyl/N-ethyl adjacent to an activating group) is 2. The number of primary amides is 1. The van der Waals surface area contributed by atoms with Crippen LogP contribution in [0.3, 0.4) is 0 Å². The zero-order chi connectivity index (χ0) is 107. The van der Waals surface area contributed by atoms with Gasteiger partial charge in [-0.05, 0) is 93.8 Å². The maximum Gasteiger partial charge on any atom is 0.373 e. The molecular formula is C95H137N13O28S7. The number of fused-ring (bicyclic) bond motifs is 20. The van der Waals surface area contributed by atoms with Crippen LogP contribution in [0.5, 0.6) is 5.75 Å². The largest absolute Gasteiger partial charge is 0.508 e. The summed E-state index contributed by atoms with van der Waals surface area (Å²) >= 11 is 5.54. The van der Waals surface area contributed by atoms with E-state index in [1.807, 2.05) is 23.8 Å². The van der Waals surface area contributed by atoms with Gasteiger partial charge in [0.05, 0.1) is 72.6 Å². The quantitative estimate of drug-likeness (QED) is 0.0344. The molecule has 143 heavy (non-hydrogen) atoms. The van der Waals surface area contributed by atoms with Crippen LogP contribution in [0.1, 0.15) is 167 Å². The highest BCUT2D eigenvalue weighted by molar-refractivity contribution is 8.77. The number of hydrogen-bond acceptors (Lipinski definition) is 35. The zero-order valence-electron chi connectivity index (χ0n) is 81.9. The Kier molecular flexibility index (Phi) is 59.5. The third-order valence-electron chi connectivity index (χ3n) is 24.3. The third-order valence-corrected chi connectivity index (χ3v) is 32.2. The minimum Gasteiger partial charge on any atom is -0.508 e. The lowest BCUT2D eigenvalue weighted by atomic mass is 9.90. The van der Waals surface area contributed by atoms with Gasteiger partial charge in [-0.3, -0.25) is 96.1 Å². The van der Waals surface area contributed by atoms with Crippen LogP contribution >= 0.6 is 77.0 Å². The number of unbranched alkanes of at least 4 members (excludes halogenated alkanes) is 2. The number of Topliss-reactive ketones (excluding diaryl/α,β-unsaturated/α-hetero) is 7. The van der Waals surface area contributed by atoms with Gasteiger partial charge in [0.2, 0.25) is 47.3 Å². The summed E-state index contributed by atoms with van der Waals surface area (Å²) in [6.07, 6.45) is 0.973. The number of carboxylic acid groups (broad SMARTS) is 4. The highest BCUT2D eigenvalue weighted by Gasteiger charge is 2.43. The van der Waals surface area contributed by atoms with Crippen LogP contribution < -0.4 is 43.0 Å². The molecule has 8 amide bonds. The Labute approximate surface area is 861 Å². The first-order valence-corrected chi connectivity index (χ1v) is 55.3. The van der Waals surface area contributed by atoms with E-state index < -0.39 is 248 Å². The monoisotopic (exact) mass is 2130 g/mol. The lowest BCUT2D eigenvalue weighted by Crippen LogP contribution is -2.52. The number of nitrogens with zero attached hydrogens (tertiary/aromatic N) is 5. The number of nitrogens with two attached hydrogens (primary N) is 1. The van der Waals surface area contributed by atoms with Crippen LogP contribution in [-0.2, 0) is 130 Å². The number of ketones is 7. The Hall–Kier alpha value is -9.84. The number of carbonyl (C=O) groups excluding carboxylic acids is 19. The van der Waals surface area contributed by atoms with E-state index in [0.29, 0.717) is 63.1 Å². The number of carboxylic acids is 4. The minimum atomic E-state index is -1.55. The standard InChI is InChI=1S/C62H86N8O19S6.C31H51N5O5S.2CO2/c1-31(2)15-42-49(74)22-39-27-92-91-26-38(59(85)66-43(62(88)89)18-35-8-11-40(71)12-9-35)19-41(72)24-64-55(81)32(3)16-48(73)44-28-94-95-29-45(50(75)20-36(58(84)65-42)10-13-54(79)80)68-57(83)34(5)25-90-93-30-46(69-60(39)86)51(76)21-37(23-53(63)78)61(87)70-14-6-7-47(70)52(77)17-33(4)56(82)67-44;1-4-28(37)8-6-5-7-13-32-29(42)21-26-11-9-25(10-12-26)20-27-22-35(23-30(38)39)18-16-33(2)14-15-34(3)17-19-36(27)24-31(40)41;2*2-1-3/h8-9,11-12,31-34,36-39,42-47,71H,6-7,10,13-30H2,1-5H3,(H2,63,78)(H,64,81)(H,65,84)(H,66,85)(H,67,82)(H,68,83)(H,69,86)(H,79,80)(H,88,89);9-12,27H,4-8,13-24H2,1-3H3,(H,32,42)(H,38,39)(H,40,41);;/t32-,33-,34+,36-,37+,38+,39+,42+,43+,44+,45+,46+,47+;27-;;/m10../s1. The molecule has 0 saturated carbocycles. The molecule has 2 aromatic carbocycles. The minimum absolute atomic E-state index is 0.0253. The second-order valence-electron chi connectivity index (χ2n) is 36.6. The summed E-state index contributed by atoms with van der Waals surface area (Å²) < 4.78 is 0. The van der Waals surface area contributed by atoms with E-state index in [2.05, 4.69) is 78.3 Å². The van der Waals surface area contributed by atoms with Crippen LogP contribution in [0, 0.1) is 47.3 Å². The van der Waals surface area contributed by atoms with Crippen LogP contribution in [0.4, 0.5) is 0 Å². The van der Waals surface area contributed by atoms with Gasteiger partial charge >= 0.3 is 36.2 Å². The Morgan fingerprint density at radius 3 is 1.65 bits per heavy atom. The van der Waals surface area contributed by atoms with Gasteiger partial charge in [0.25, 0.3) is 0 Å². The van der Waals surface area contributed by atoms with Crippen LogP contribution in [-0.4, -0.2) is 348 Å². The molecule has 2 aromatic rings. The van der Waals surface area contributed by atoms with E-state index >= 15 is 4.79 Å². The van der Waals surface area contributed by atoms with Crippen molar-refractivity contribution in [3.63, 3.8) is 0 Å². The smallest absolute Gasteiger partial charge is 0.373 e. The van der Waals surface area contributed by atoms with Gasteiger partial charge in [0.15, 0.2) is 34.7 Å². The molecule has 5 aliphatic heterocycles. The van der Waals surface area contributed by atoms with Gasteiger partial charge in [0, 0.05) is 200 Å². The Balaban J connectivity index is 0.000000735. The van der Waals surface area contributed by atoms with Crippen molar-refractivity contribution in [3.05, 3.63) is 65.2 Å². The fourth-order valence-corrected chi connectivity index (χ4v) is 23.8. The summed E-state index contributed by atoms with van der Waals surface area (Å²) in [5.41, 5.74) is 8.31. The maximum absolute atomic E-state index is 15.1. The molecule has 5 aliphatic rings. The van der Waals surface area contributed by atoms with Gasteiger partial charge in [-0.15, -0.1) is 0 Å². The van der Waals surface area contributed by atoms with Crippen molar-refractivity contribution in [2.45, 2.75) is 212 Å². The Morgan fingerprint density at radius 1 is 0.552 bits per heavy atom. The lowest BCUT2D eigenvalue weighted by molar-refractivity contribution is -0.193. The van der Waals surface area contributed by atoms with Crippen molar-refractivity contribution in [2.75, 3.05) is 127 Å². The van der Waals surface area contributed by atoms with Crippen molar-refractivity contribution in [1.29, 1.82) is 0 Å². The second kappa shape index (κ2) is 67.8. The van der Waals surface area contributed by atoms with Gasteiger partial charge in [-0.2, -0.15) is 19.2 Å². The molecule has 5 saturated heterocycles. The van der Waals surface area contributed by atoms with E-state index in [1.54, 1.807) is 20.8 Å². The van der Waals surface area contributed by atoms with Crippen LogP contribution in [0.25, 0.3) is 0 Å². The number of carbonyl (C=O) groups is 19. The molecule has 0 aliphatic carbocycles. The predicted molar refractivity (Wildman–Crippen MR) is 541 cm³/mol. The fourth-order valence-electron chi connectivity index (χ4n) is 16.0. The average Bonchev–Trinajstić information content (AvgIpc) is 1.74. The molecule has 5 fully saturated rings. The van der Waals surface area contributed by atoms with Crippen molar-refractivity contribution < 1.29 is 136 Å².